The molecule has 1 atom stereocenters. The summed E-state index contributed by atoms with van der Waals surface area (Å²) < 4.78 is 15.4. The number of rotatable bonds is 9. The molecule has 0 saturated heterocycles. The van der Waals surface area contributed by atoms with Crippen LogP contribution in [0.5, 0.6) is 0 Å². The summed E-state index contributed by atoms with van der Waals surface area (Å²) in [5.74, 6) is -0.544. The molecule has 0 aromatic carbocycles. The Labute approximate surface area is 96.3 Å². The van der Waals surface area contributed by atoms with Gasteiger partial charge in [0.2, 0.25) is 6.29 Å². The fourth-order valence-corrected chi connectivity index (χ4v) is 1.05. The van der Waals surface area contributed by atoms with E-state index in [1.54, 1.807) is 6.07 Å². The van der Waals surface area contributed by atoms with Crippen LogP contribution in [0.4, 0.5) is 0 Å². The first kappa shape index (κ1) is 14.9. The second kappa shape index (κ2) is 10.4. The Balaban J connectivity index is 3.78. The third kappa shape index (κ3) is 8.21. The fraction of sp³-hybridized carbons (Fsp3) is 0.818. The molecule has 0 aromatic heterocycles. The van der Waals surface area contributed by atoms with Gasteiger partial charge in [0.05, 0.1) is 19.3 Å². The van der Waals surface area contributed by atoms with E-state index in [2.05, 4.69) is 0 Å². The van der Waals surface area contributed by atoms with Crippen LogP contribution in [0.2, 0.25) is 0 Å². The van der Waals surface area contributed by atoms with Crippen molar-refractivity contribution in [2.75, 3.05) is 19.8 Å². The highest BCUT2D eigenvalue weighted by molar-refractivity contribution is 5.71. The van der Waals surface area contributed by atoms with Gasteiger partial charge in [0.15, 0.2) is 0 Å². The number of carbonyl (C=O) groups is 1. The van der Waals surface area contributed by atoms with Crippen LogP contribution in [0.25, 0.3) is 0 Å². The number of hydrogen-bond donors (Lipinski definition) is 0. The monoisotopic (exact) mass is 229 g/mol. The maximum atomic E-state index is 11.1. The number of ether oxygens (including phenoxy) is 3. The summed E-state index contributed by atoms with van der Waals surface area (Å²) in [6, 6.07) is 1.74. The molecular formula is C11H19NO4. The molecule has 0 aromatic rings. The summed E-state index contributed by atoms with van der Waals surface area (Å²) in [5, 5.41) is 8.31. The van der Waals surface area contributed by atoms with Crippen LogP contribution in [0.3, 0.4) is 0 Å². The zero-order valence-corrected chi connectivity index (χ0v) is 9.90. The highest BCUT2D eigenvalue weighted by Crippen LogP contribution is 2.05. The Kier molecular flexibility index (Phi) is 9.67. The highest BCUT2D eigenvalue weighted by atomic mass is 16.7. The van der Waals surface area contributed by atoms with Crippen LogP contribution in [0, 0.1) is 11.3 Å². The highest BCUT2D eigenvalue weighted by Gasteiger charge is 2.13. The predicted molar refractivity (Wildman–Crippen MR) is 57.5 cm³/mol. The maximum Gasteiger partial charge on any atom is 0.322 e. The lowest BCUT2D eigenvalue weighted by Gasteiger charge is -2.17. The number of hydrogen-bond acceptors (Lipinski definition) is 5. The van der Waals surface area contributed by atoms with Gasteiger partial charge in [-0.3, -0.25) is 4.79 Å². The Morgan fingerprint density at radius 3 is 2.69 bits per heavy atom. The van der Waals surface area contributed by atoms with Gasteiger partial charge < -0.3 is 14.2 Å². The van der Waals surface area contributed by atoms with E-state index < -0.39 is 12.3 Å². The number of nitrogens with zero attached hydrogens (tertiary/aromatic N) is 1. The van der Waals surface area contributed by atoms with E-state index in [9.17, 15) is 4.79 Å². The molecule has 0 aliphatic rings. The van der Waals surface area contributed by atoms with Crippen LogP contribution in [-0.2, 0) is 19.0 Å². The number of carbonyl (C=O) groups excluding carboxylic acids is 1. The molecule has 92 valence electrons. The minimum absolute atomic E-state index is 0.241. The van der Waals surface area contributed by atoms with Crippen LogP contribution in [0.15, 0.2) is 0 Å². The lowest BCUT2D eigenvalue weighted by Crippen LogP contribution is -2.23. The number of nitriles is 1. The van der Waals surface area contributed by atoms with E-state index in [4.69, 9.17) is 19.5 Å². The van der Waals surface area contributed by atoms with E-state index in [-0.39, 0.29) is 6.42 Å². The third-order valence-corrected chi connectivity index (χ3v) is 1.75. The molecule has 0 amide bonds. The van der Waals surface area contributed by atoms with Gasteiger partial charge in [-0.05, 0) is 6.92 Å². The summed E-state index contributed by atoms with van der Waals surface area (Å²) in [4.78, 5) is 11.1. The van der Waals surface area contributed by atoms with Gasteiger partial charge in [0, 0.05) is 13.0 Å². The van der Waals surface area contributed by atoms with Crippen molar-refractivity contribution in [2.24, 2.45) is 0 Å². The molecule has 5 heteroatoms. The van der Waals surface area contributed by atoms with Crippen molar-refractivity contribution in [3.8, 4) is 6.07 Å². The second-order valence-electron chi connectivity index (χ2n) is 3.11. The molecule has 0 spiro atoms. The SMILES string of the molecule is CCCC(OCCOCC)OC(=O)CC#N. The predicted octanol–water partition coefficient (Wildman–Crippen LogP) is 1.62. The largest absolute Gasteiger partial charge is 0.435 e. The Hall–Kier alpha value is -1.12. The third-order valence-electron chi connectivity index (χ3n) is 1.75. The molecule has 0 bridgehead atoms. The smallest absolute Gasteiger partial charge is 0.322 e. The van der Waals surface area contributed by atoms with E-state index in [1.165, 1.54) is 0 Å². The summed E-state index contributed by atoms with van der Waals surface area (Å²) in [7, 11) is 0. The molecule has 0 aliphatic heterocycles. The average Bonchev–Trinajstić information content (AvgIpc) is 2.25. The molecular weight excluding hydrogens is 210 g/mol. The lowest BCUT2D eigenvalue weighted by molar-refractivity contribution is -0.181. The van der Waals surface area contributed by atoms with Crippen molar-refractivity contribution >= 4 is 5.97 Å². The van der Waals surface area contributed by atoms with Gasteiger partial charge in [-0.1, -0.05) is 13.3 Å². The van der Waals surface area contributed by atoms with E-state index in [0.29, 0.717) is 26.2 Å². The molecule has 0 saturated carbocycles. The van der Waals surface area contributed by atoms with Gasteiger partial charge in [-0.25, -0.2) is 0 Å². The maximum absolute atomic E-state index is 11.1. The van der Waals surface area contributed by atoms with Crippen LogP contribution < -0.4 is 0 Å². The standard InChI is InChI=1S/C11H19NO4/c1-3-5-11(15-9-8-14-4-2)16-10(13)6-7-12/h11H,3-6,8-9H2,1-2H3. The number of esters is 1. The Morgan fingerprint density at radius 2 is 2.12 bits per heavy atom. The van der Waals surface area contributed by atoms with Crippen LogP contribution >= 0.6 is 0 Å². The van der Waals surface area contributed by atoms with Crippen LogP contribution in [-0.4, -0.2) is 32.1 Å². The van der Waals surface area contributed by atoms with Crippen molar-refractivity contribution in [2.45, 2.75) is 39.4 Å². The molecule has 0 radical (unpaired) electrons. The molecule has 5 nitrogen and oxygen atoms in total. The van der Waals surface area contributed by atoms with Crippen molar-refractivity contribution in [1.82, 2.24) is 0 Å². The molecule has 16 heavy (non-hydrogen) atoms. The molecule has 0 rings (SSSR count). The Bertz CT molecular complexity index is 225. The lowest BCUT2D eigenvalue weighted by atomic mass is 10.3. The molecule has 0 aliphatic carbocycles. The minimum Gasteiger partial charge on any atom is -0.435 e. The van der Waals surface area contributed by atoms with E-state index >= 15 is 0 Å². The van der Waals surface area contributed by atoms with Gasteiger partial charge in [0.25, 0.3) is 0 Å². The van der Waals surface area contributed by atoms with Crippen LogP contribution in [0.1, 0.15) is 33.1 Å². The molecule has 0 heterocycles. The minimum atomic E-state index is -0.564. The zero-order valence-electron chi connectivity index (χ0n) is 9.90. The van der Waals surface area contributed by atoms with Gasteiger partial charge in [-0.2, -0.15) is 5.26 Å². The van der Waals surface area contributed by atoms with Gasteiger partial charge in [0.1, 0.15) is 6.42 Å². The summed E-state index contributed by atoms with van der Waals surface area (Å²) in [6.45, 7) is 5.37. The summed E-state index contributed by atoms with van der Waals surface area (Å²) in [5.41, 5.74) is 0. The average molecular weight is 229 g/mol. The normalized spacial score (nSPS) is 11.8. The van der Waals surface area contributed by atoms with E-state index in [1.807, 2.05) is 13.8 Å². The van der Waals surface area contributed by atoms with Crippen molar-refractivity contribution in [3.63, 3.8) is 0 Å². The Morgan fingerprint density at radius 1 is 1.38 bits per heavy atom. The second-order valence-corrected chi connectivity index (χ2v) is 3.11. The van der Waals surface area contributed by atoms with Crippen molar-refractivity contribution in [3.05, 3.63) is 0 Å². The molecule has 1 unspecified atom stereocenters. The van der Waals surface area contributed by atoms with Crippen molar-refractivity contribution in [1.29, 1.82) is 5.26 Å². The molecule has 0 N–H and O–H groups in total. The topological polar surface area (TPSA) is 68.6 Å². The zero-order chi connectivity index (χ0) is 12.2. The van der Waals surface area contributed by atoms with Crippen molar-refractivity contribution < 1.29 is 19.0 Å². The van der Waals surface area contributed by atoms with Gasteiger partial charge in [-0.15, -0.1) is 0 Å². The first-order valence-electron chi connectivity index (χ1n) is 5.50. The first-order valence-corrected chi connectivity index (χ1v) is 5.50. The molecule has 0 fully saturated rings. The quantitative estimate of drug-likeness (QED) is 0.341. The fourth-order valence-electron chi connectivity index (χ4n) is 1.05. The van der Waals surface area contributed by atoms with E-state index in [0.717, 1.165) is 6.42 Å². The van der Waals surface area contributed by atoms with Gasteiger partial charge >= 0.3 is 5.97 Å². The summed E-state index contributed by atoms with van der Waals surface area (Å²) in [6.07, 6.45) is 0.670. The first-order chi connectivity index (χ1) is 7.74. The summed E-state index contributed by atoms with van der Waals surface area (Å²) >= 11 is 0.